The number of rotatable bonds is 5. The van der Waals surface area contributed by atoms with Gasteiger partial charge in [0.05, 0.1) is 12.3 Å². The van der Waals surface area contributed by atoms with Crippen LogP contribution in [0.2, 0.25) is 5.02 Å². The van der Waals surface area contributed by atoms with Crippen molar-refractivity contribution in [2.75, 3.05) is 19.5 Å². The number of benzene rings is 1. The molecule has 2 rings (SSSR count). The zero-order chi connectivity index (χ0) is 14.5. The molecule has 0 saturated heterocycles. The molecule has 20 heavy (non-hydrogen) atoms. The van der Waals surface area contributed by atoms with E-state index < -0.39 is 0 Å². The second kappa shape index (κ2) is 6.47. The molecule has 0 spiro atoms. The van der Waals surface area contributed by atoms with Crippen LogP contribution in [0.25, 0.3) is 0 Å². The fraction of sp³-hybridized carbons (Fsp3) is 0.267. The van der Waals surface area contributed by atoms with E-state index in [0.717, 1.165) is 11.3 Å². The van der Waals surface area contributed by atoms with Crippen LogP contribution in [-0.2, 0) is 17.7 Å². The average Bonchev–Trinajstić information content (AvgIpc) is 2.73. The highest BCUT2D eigenvalue weighted by atomic mass is 35.5. The summed E-state index contributed by atoms with van der Waals surface area (Å²) < 4.78 is 6.99. The average molecular weight is 290 g/mol. The highest BCUT2D eigenvalue weighted by Gasteiger charge is 2.13. The number of methoxy groups -OCH3 is 1. The molecular formula is C15H16ClN3O. The van der Waals surface area contributed by atoms with E-state index in [1.165, 1.54) is 0 Å². The lowest BCUT2D eigenvalue weighted by molar-refractivity contribution is 0.186. The smallest absolute Gasteiger partial charge is 0.122 e. The van der Waals surface area contributed by atoms with Gasteiger partial charge in [0.2, 0.25) is 0 Å². The lowest BCUT2D eigenvalue weighted by Crippen LogP contribution is -2.11. The number of nitrogen functional groups attached to an aromatic ring is 1. The van der Waals surface area contributed by atoms with Crippen molar-refractivity contribution in [1.82, 2.24) is 4.57 Å². The van der Waals surface area contributed by atoms with Gasteiger partial charge < -0.3 is 15.0 Å². The van der Waals surface area contributed by atoms with Crippen molar-refractivity contribution < 1.29 is 4.74 Å². The topological polar surface area (TPSA) is 64.0 Å². The molecule has 1 heterocycles. The first-order valence-electron chi connectivity index (χ1n) is 6.27. The fourth-order valence-electron chi connectivity index (χ4n) is 2.18. The number of nitriles is 1. The van der Waals surface area contributed by atoms with E-state index in [9.17, 15) is 5.26 Å². The van der Waals surface area contributed by atoms with Gasteiger partial charge in [-0.2, -0.15) is 5.26 Å². The first-order chi connectivity index (χ1) is 9.65. The van der Waals surface area contributed by atoms with Gasteiger partial charge in [-0.25, -0.2) is 0 Å². The minimum Gasteiger partial charge on any atom is -0.397 e. The predicted molar refractivity (Wildman–Crippen MR) is 79.7 cm³/mol. The molecule has 5 heteroatoms. The Balaban J connectivity index is 2.35. The molecule has 0 fully saturated rings. The SMILES string of the molecule is COCCn1c(C#N)cc(N)c1Cc1cccc(Cl)c1. The summed E-state index contributed by atoms with van der Waals surface area (Å²) >= 11 is 6.00. The van der Waals surface area contributed by atoms with Crippen LogP contribution in [-0.4, -0.2) is 18.3 Å². The Morgan fingerprint density at radius 1 is 1.40 bits per heavy atom. The lowest BCUT2D eigenvalue weighted by atomic mass is 10.1. The molecule has 0 atom stereocenters. The van der Waals surface area contributed by atoms with E-state index >= 15 is 0 Å². The Morgan fingerprint density at radius 2 is 2.20 bits per heavy atom. The van der Waals surface area contributed by atoms with Gasteiger partial charge in [-0.1, -0.05) is 23.7 Å². The molecule has 1 aromatic heterocycles. The first-order valence-corrected chi connectivity index (χ1v) is 6.65. The summed E-state index contributed by atoms with van der Waals surface area (Å²) in [6, 6.07) is 11.5. The van der Waals surface area contributed by atoms with Crippen molar-refractivity contribution in [2.24, 2.45) is 0 Å². The van der Waals surface area contributed by atoms with E-state index in [1.807, 2.05) is 28.8 Å². The third-order valence-electron chi connectivity index (χ3n) is 3.14. The van der Waals surface area contributed by atoms with Crippen LogP contribution in [0.4, 0.5) is 5.69 Å². The van der Waals surface area contributed by atoms with Crippen molar-refractivity contribution in [2.45, 2.75) is 13.0 Å². The number of halogens is 1. The molecule has 2 N–H and O–H groups in total. The van der Waals surface area contributed by atoms with Gasteiger partial charge in [-0.05, 0) is 23.8 Å². The van der Waals surface area contributed by atoms with E-state index in [1.54, 1.807) is 13.2 Å². The van der Waals surface area contributed by atoms with Gasteiger partial charge in [0.1, 0.15) is 11.8 Å². The summed E-state index contributed by atoms with van der Waals surface area (Å²) in [6.45, 7) is 1.14. The summed E-state index contributed by atoms with van der Waals surface area (Å²) in [5.41, 5.74) is 9.18. The molecule has 0 radical (unpaired) electrons. The number of hydrogen-bond donors (Lipinski definition) is 1. The summed E-state index contributed by atoms with van der Waals surface area (Å²) in [4.78, 5) is 0. The third-order valence-corrected chi connectivity index (χ3v) is 3.37. The van der Waals surface area contributed by atoms with E-state index in [0.29, 0.717) is 36.0 Å². The van der Waals surface area contributed by atoms with Crippen molar-refractivity contribution in [3.05, 3.63) is 52.3 Å². The van der Waals surface area contributed by atoms with Crippen LogP contribution in [0.15, 0.2) is 30.3 Å². The quantitative estimate of drug-likeness (QED) is 0.920. The van der Waals surface area contributed by atoms with Crippen LogP contribution in [0, 0.1) is 11.3 Å². The molecule has 0 bridgehead atoms. The van der Waals surface area contributed by atoms with Crippen LogP contribution >= 0.6 is 11.6 Å². The number of anilines is 1. The second-order valence-corrected chi connectivity index (χ2v) is 4.93. The molecule has 0 aliphatic rings. The Morgan fingerprint density at radius 3 is 2.85 bits per heavy atom. The molecule has 0 aliphatic carbocycles. The van der Waals surface area contributed by atoms with Crippen LogP contribution in [0.1, 0.15) is 17.0 Å². The molecule has 0 amide bonds. The fourth-order valence-corrected chi connectivity index (χ4v) is 2.39. The Bertz CT molecular complexity index is 643. The molecule has 104 valence electrons. The number of ether oxygens (including phenoxy) is 1. The maximum absolute atomic E-state index is 9.18. The maximum atomic E-state index is 9.18. The number of nitrogens with two attached hydrogens (primary N) is 1. The first kappa shape index (κ1) is 14.4. The number of hydrogen-bond acceptors (Lipinski definition) is 3. The molecule has 2 aromatic rings. The van der Waals surface area contributed by atoms with Gasteiger partial charge in [-0.3, -0.25) is 0 Å². The Labute approximate surface area is 123 Å². The Hall–Kier alpha value is -1.96. The van der Waals surface area contributed by atoms with E-state index in [2.05, 4.69) is 6.07 Å². The number of aromatic nitrogens is 1. The molecule has 4 nitrogen and oxygen atoms in total. The van der Waals surface area contributed by atoms with Crippen LogP contribution < -0.4 is 5.73 Å². The molecule has 0 aliphatic heterocycles. The second-order valence-electron chi connectivity index (χ2n) is 4.49. The minimum absolute atomic E-state index is 0.533. The summed E-state index contributed by atoms with van der Waals surface area (Å²) in [6.07, 6.45) is 0.637. The van der Waals surface area contributed by atoms with Gasteiger partial charge >= 0.3 is 0 Å². The van der Waals surface area contributed by atoms with E-state index in [4.69, 9.17) is 22.1 Å². The summed E-state index contributed by atoms with van der Waals surface area (Å²) in [5.74, 6) is 0. The van der Waals surface area contributed by atoms with Gasteiger partial charge in [0, 0.05) is 30.8 Å². The Kier molecular flexibility index (Phi) is 4.67. The molecule has 0 unspecified atom stereocenters. The maximum Gasteiger partial charge on any atom is 0.122 e. The van der Waals surface area contributed by atoms with Crippen LogP contribution in [0.5, 0.6) is 0 Å². The largest absolute Gasteiger partial charge is 0.397 e. The zero-order valence-corrected chi connectivity index (χ0v) is 12.0. The standard InChI is InChI=1S/C15H16ClN3O/c1-20-6-5-19-13(10-17)9-14(18)15(19)8-11-3-2-4-12(16)7-11/h2-4,7,9H,5-6,8,18H2,1H3. The normalized spacial score (nSPS) is 10.4. The minimum atomic E-state index is 0.533. The molecule has 1 aromatic carbocycles. The molecular weight excluding hydrogens is 274 g/mol. The predicted octanol–water partition coefficient (Wildman–Crippen LogP) is 2.83. The van der Waals surface area contributed by atoms with Crippen LogP contribution in [0.3, 0.4) is 0 Å². The molecule has 0 saturated carbocycles. The highest BCUT2D eigenvalue weighted by molar-refractivity contribution is 6.30. The third kappa shape index (κ3) is 3.13. The summed E-state index contributed by atoms with van der Waals surface area (Å²) in [7, 11) is 1.63. The monoisotopic (exact) mass is 289 g/mol. The summed E-state index contributed by atoms with van der Waals surface area (Å²) in [5, 5.41) is 9.87. The van der Waals surface area contributed by atoms with E-state index in [-0.39, 0.29) is 0 Å². The van der Waals surface area contributed by atoms with Gasteiger partial charge in [-0.15, -0.1) is 0 Å². The van der Waals surface area contributed by atoms with Crippen molar-refractivity contribution in [3.63, 3.8) is 0 Å². The van der Waals surface area contributed by atoms with Crippen molar-refractivity contribution in [1.29, 1.82) is 5.26 Å². The highest BCUT2D eigenvalue weighted by Crippen LogP contribution is 2.23. The zero-order valence-electron chi connectivity index (χ0n) is 11.3. The lowest BCUT2D eigenvalue weighted by Gasteiger charge is -2.11. The van der Waals surface area contributed by atoms with Gasteiger partial charge in [0.25, 0.3) is 0 Å². The van der Waals surface area contributed by atoms with Crippen molar-refractivity contribution in [3.8, 4) is 6.07 Å². The van der Waals surface area contributed by atoms with Gasteiger partial charge in [0.15, 0.2) is 0 Å². The number of nitrogens with zero attached hydrogens (tertiary/aromatic N) is 2. The van der Waals surface area contributed by atoms with Crippen molar-refractivity contribution >= 4 is 17.3 Å².